The Bertz CT molecular complexity index is 261. The summed E-state index contributed by atoms with van der Waals surface area (Å²) in [6.07, 6.45) is 0.985. The summed E-state index contributed by atoms with van der Waals surface area (Å²) in [6.45, 7) is 4.14. The second-order valence-corrected chi connectivity index (χ2v) is 6.24. The zero-order valence-electron chi connectivity index (χ0n) is 8.10. The van der Waals surface area contributed by atoms with Crippen LogP contribution in [0.4, 0.5) is 0 Å². The summed E-state index contributed by atoms with van der Waals surface area (Å²) in [5.74, 6) is 0. The van der Waals surface area contributed by atoms with E-state index in [2.05, 4.69) is 0 Å². The first-order valence-corrected chi connectivity index (χ1v) is 6.12. The topological polar surface area (TPSA) is 57.6 Å². The summed E-state index contributed by atoms with van der Waals surface area (Å²) >= 11 is 0. The minimum absolute atomic E-state index is 0.264. The van der Waals surface area contributed by atoms with Gasteiger partial charge >= 0.3 is 0 Å². The molecule has 0 saturated carbocycles. The smallest absolute Gasteiger partial charge is 0.216 e. The molecule has 1 atom stereocenters. The summed E-state index contributed by atoms with van der Waals surface area (Å²) in [6, 6.07) is 0. The summed E-state index contributed by atoms with van der Waals surface area (Å²) in [4.78, 5) is 0. The van der Waals surface area contributed by atoms with Gasteiger partial charge in [0.05, 0.1) is 11.4 Å². The van der Waals surface area contributed by atoms with Crippen LogP contribution in [0.3, 0.4) is 0 Å². The quantitative estimate of drug-likeness (QED) is 0.703. The first-order valence-electron chi connectivity index (χ1n) is 4.61. The molecule has 0 aromatic rings. The van der Waals surface area contributed by atoms with Crippen LogP contribution in [0.5, 0.6) is 0 Å². The first kappa shape index (κ1) is 10.9. The molecule has 1 saturated heterocycles. The van der Waals surface area contributed by atoms with Gasteiger partial charge in [0.2, 0.25) is 10.0 Å². The van der Waals surface area contributed by atoms with Gasteiger partial charge in [0.1, 0.15) is 0 Å². The van der Waals surface area contributed by atoms with E-state index in [4.69, 9.17) is 0 Å². The second-order valence-electron chi connectivity index (χ2n) is 3.75. The van der Waals surface area contributed by atoms with Crippen molar-refractivity contribution in [1.82, 2.24) is 4.31 Å². The van der Waals surface area contributed by atoms with E-state index in [1.54, 1.807) is 13.8 Å². The number of β-amino-alcohol motifs (C(OH)–C–C–N with tert-alkyl or cyclic N) is 1. The SMILES string of the molecule is CC(C)S(=O)(=O)N1CCCC(O)C1. The van der Waals surface area contributed by atoms with Gasteiger partial charge in [-0.1, -0.05) is 0 Å². The van der Waals surface area contributed by atoms with Crippen molar-refractivity contribution in [3.8, 4) is 0 Å². The normalized spacial score (nSPS) is 26.6. The monoisotopic (exact) mass is 207 g/mol. The van der Waals surface area contributed by atoms with Gasteiger partial charge in [0, 0.05) is 13.1 Å². The molecule has 1 aliphatic rings. The van der Waals surface area contributed by atoms with Crippen LogP contribution in [-0.2, 0) is 10.0 Å². The molecule has 13 heavy (non-hydrogen) atoms. The van der Waals surface area contributed by atoms with Gasteiger partial charge in [0.25, 0.3) is 0 Å². The zero-order valence-corrected chi connectivity index (χ0v) is 8.92. The molecule has 0 spiro atoms. The average molecular weight is 207 g/mol. The van der Waals surface area contributed by atoms with Crippen LogP contribution < -0.4 is 0 Å². The van der Waals surface area contributed by atoms with Crippen molar-refractivity contribution in [2.24, 2.45) is 0 Å². The standard InChI is InChI=1S/C8H17NO3S/c1-7(2)13(11,12)9-5-3-4-8(10)6-9/h7-8,10H,3-6H2,1-2H3. The Morgan fingerprint density at radius 2 is 2.08 bits per heavy atom. The van der Waals surface area contributed by atoms with Crippen molar-refractivity contribution in [2.45, 2.75) is 38.0 Å². The fraction of sp³-hybridized carbons (Fsp3) is 1.00. The minimum Gasteiger partial charge on any atom is -0.392 e. The van der Waals surface area contributed by atoms with Crippen molar-refractivity contribution >= 4 is 10.0 Å². The van der Waals surface area contributed by atoms with Crippen LogP contribution in [-0.4, -0.2) is 42.3 Å². The average Bonchev–Trinajstić information content (AvgIpc) is 2.04. The third-order valence-electron chi connectivity index (χ3n) is 2.31. The van der Waals surface area contributed by atoms with E-state index in [-0.39, 0.29) is 6.54 Å². The van der Waals surface area contributed by atoms with Crippen LogP contribution in [0.2, 0.25) is 0 Å². The highest BCUT2D eigenvalue weighted by Gasteiger charge is 2.29. The van der Waals surface area contributed by atoms with Gasteiger partial charge in [-0.25, -0.2) is 8.42 Å². The van der Waals surface area contributed by atoms with Crippen molar-refractivity contribution in [3.05, 3.63) is 0 Å². The molecule has 1 N–H and O–H groups in total. The van der Waals surface area contributed by atoms with Crippen LogP contribution in [0.1, 0.15) is 26.7 Å². The number of piperidine rings is 1. The highest BCUT2D eigenvalue weighted by molar-refractivity contribution is 7.89. The third kappa shape index (κ3) is 2.42. The lowest BCUT2D eigenvalue weighted by Gasteiger charge is -2.30. The van der Waals surface area contributed by atoms with Crippen LogP contribution in [0.25, 0.3) is 0 Å². The van der Waals surface area contributed by atoms with Gasteiger partial charge in [-0.3, -0.25) is 0 Å². The molecular weight excluding hydrogens is 190 g/mol. The molecular formula is C8H17NO3S. The van der Waals surface area contributed by atoms with E-state index >= 15 is 0 Å². The van der Waals surface area contributed by atoms with E-state index < -0.39 is 21.4 Å². The molecule has 1 aliphatic heterocycles. The Morgan fingerprint density at radius 3 is 2.54 bits per heavy atom. The predicted octanol–water partition coefficient (Wildman–Crippen LogP) is 0.181. The maximum Gasteiger partial charge on any atom is 0.216 e. The molecule has 0 bridgehead atoms. The molecule has 78 valence electrons. The number of rotatable bonds is 2. The number of nitrogens with zero attached hydrogens (tertiary/aromatic N) is 1. The Morgan fingerprint density at radius 1 is 1.46 bits per heavy atom. The highest BCUT2D eigenvalue weighted by Crippen LogP contribution is 2.16. The van der Waals surface area contributed by atoms with Crippen molar-refractivity contribution in [1.29, 1.82) is 0 Å². The largest absolute Gasteiger partial charge is 0.392 e. The lowest BCUT2D eigenvalue weighted by Crippen LogP contribution is -2.44. The Labute approximate surface area is 79.6 Å². The van der Waals surface area contributed by atoms with Gasteiger partial charge in [0.15, 0.2) is 0 Å². The van der Waals surface area contributed by atoms with Crippen molar-refractivity contribution in [3.63, 3.8) is 0 Å². The minimum atomic E-state index is -3.16. The maximum atomic E-state index is 11.6. The highest BCUT2D eigenvalue weighted by atomic mass is 32.2. The summed E-state index contributed by atoms with van der Waals surface area (Å²) < 4.78 is 24.7. The summed E-state index contributed by atoms with van der Waals surface area (Å²) in [5.41, 5.74) is 0. The molecule has 1 fully saturated rings. The number of aliphatic hydroxyl groups is 1. The fourth-order valence-corrected chi connectivity index (χ4v) is 2.81. The number of hydrogen-bond donors (Lipinski definition) is 1. The molecule has 0 aromatic carbocycles. The lowest BCUT2D eigenvalue weighted by atomic mass is 10.1. The molecule has 1 rings (SSSR count). The fourth-order valence-electron chi connectivity index (χ4n) is 1.45. The van der Waals surface area contributed by atoms with Gasteiger partial charge in [-0.15, -0.1) is 0 Å². The molecule has 4 nitrogen and oxygen atoms in total. The second kappa shape index (κ2) is 3.94. The van der Waals surface area contributed by atoms with Crippen LogP contribution in [0.15, 0.2) is 0 Å². The van der Waals surface area contributed by atoms with Gasteiger partial charge in [-0.2, -0.15) is 4.31 Å². The first-order chi connectivity index (χ1) is 5.94. The molecule has 0 radical (unpaired) electrons. The Kier molecular flexibility index (Phi) is 3.32. The van der Waals surface area contributed by atoms with E-state index in [1.807, 2.05) is 0 Å². The molecule has 0 aromatic heterocycles. The summed E-state index contributed by atoms with van der Waals surface area (Å²) in [5, 5.41) is 8.93. The molecule has 0 aliphatic carbocycles. The molecule has 1 unspecified atom stereocenters. The number of aliphatic hydroxyl groups excluding tert-OH is 1. The van der Waals surface area contributed by atoms with Gasteiger partial charge in [-0.05, 0) is 26.7 Å². The van der Waals surface area contributed by atoms with Crippen LogP contribution in [0, 0.1) is 0 Å². The van der Waals surface area contributed by atoms with Gasteiger partial charge < -0.3 is 5.11 Å². The number of hydrogen-bond acceptors (Lipinski definition) is 3. The lowest BCUT2D eigenvalue weighted by molar-refractivity contribution is 0.107. The van der Waals surface area contributed by atoms with Crippen molar-refractivity contribution < 1.29 is 13.5 Å². The number of sulfonamides is 1. The van der Waals surface area contributed by atoms with Crippen LogP contribution >= 0.6 is 0 Å². The van der Waals surface area contributed by atoms with E-state index in [0.717, 1.165) is 6.42 Å². The molecule has 1 heterocycles. The van der Waals surface area contributed by atoms with E-state index in [0.29, 0.717) is 13.0 Å². The molecule has 0 amide bonds. The summed E-state index contributed by atoms with van der Waals surface area (Å²) in [7, 11) is -3.16. The Hall–Kier alpha value is -0.130. The zero-order chi connectivity index (χ0) is 10.1. The third-order valence-corrected chi connectivity index (χ3v) is 4.56. The van der Waals surface area contributed by atoms with Crippen molar-refractivity contribution in [2.75, 3.05) is 13.1 Å². The Balaban J connectivity index is 2.71. The molecule has 5 heteroatoms. The predicted molar refractivity (Wildman–Crippen MR) is 50.9 cm³/mol. The maximum absolute atomic E-state index is 11.6. The van der Waals surface area contributed by atoms with E-state index in [1.165, 1.54) is 4.31 Å². The van der Waals surface area contributed by atoms with E-state index in [9.17, 15) is 13.5 Å².